The molecule has 0 radical (unpaired) electrons. The second-order valence-corrected chi connectivity index (χ2v) is 8.11. The van der Waals surface area contributed by atoms with Gasteiger partial charge in [0, 0.05) is 13.1 Å². The summed E-state index contributed by atoms with van der Waals surface area (Å²) >= 11 is 4.70. The fourth-order valence-electron chi connectivity index (χ4n) is 2.76. The molecule has 0 bridgehead atoms. The van der Waals surface area contributed by atoms with E-state index in [1.54, 1.807) is 13.0 Å². The first-order chi connectivity index (χ1) is 10.5. The number of halogens is 1. The van der Waals surface area contributed by atoms with Gasteiger partial charge in [-0.15, -0.1) is 11.3 Å². The third kappa shape index (κ3) is 4.54. The van der Waals surface area contributed by atoms with E-state index in [9.17, 15) is 9.59 Å². The highest BCUT2D eigenvalue weighted by atomic mass is 79.9. The highest BCUT2D eigenvalue weighted by Crippen LogP contribution is 2.22. The minimum Gasteiger partial charge on any atom is -0.341 e. The number of rotatable bonds is 5. The summed E-state index contributed by atoms with van der Waals surface area (Å²) in [5.74, 6) is 0.309. The lowest BCUT2D eigenvalue weighted by Gasteiger charge is -2.34. The van der Waals surface area contributed by atoms with Gasteiger partial charge in [0.05, 0.1) is 8.66 Å². The van der Waals surface area contributed by atoms with Crippen molar-refractivity contribution < 1.29 is 9.59 Å². The smallest absolute Gasteiger partial charge is 0.262 e. The molecular formula is C15H22BrN3O2S. The van der Waals surface area contributed by atoms with Crippen LogP contribution in [0.2, 0.25) is 0 Å². The van der Waals surface area contributed by atoms with E-state index in [4.69, 9.17) is 0 Å². The summed E-state index contributed by atoms with van der Waals surface area (Å²) in [6.45, 7) is 4.23. The number of hydrogen-bond acceptors (Lipinski definition) is 4. The van der Waals surface area contributed by atoms with Crippen LogP contribution in [0.1, 0.15) is 29.4 Å². The molecule has 22 heavy (non-hydrogen) atoms. The zero-order chi connectivity index (χ0) is 16.1. The molecule has 2 N–H and O–H groups in total. The van der Waals surface area contributed by atoms with Crippen LogP contribution in [-0.4, -0.2) is 49.4 Å². The predicted octanol–water partition coefficient (Wildman–Crippen LogP) is 2.09. The Morgan fingerprint density at radius 1 is 1.50 bits per heavy atom. The number of thiophene rings is 1. The monoisotopic (exact) mass is 387 g/mol. The molecule has 1 aromatic rings. The third-order valence-electron chi connectivity index (χ3n) is 3.84. The Balaban J connectivity index is 1.89. The molecule has 0 aromatic carbocycles. The molecule has 5 nitrogen and oxygen atoms in total. The SMILES string of the molecule is CNCC1CCCN(C(=O)C(C)NC(=O)c2ccc(Br)s2)C1. The third-order valence-corrected chi connectivity index (χ3v) is 5.46. The average Bonchev–Trinajstić information content (AvgIpc) is 2.94. The van der Waals surface area contributed by atoms with Crippen LogP contribution in [0.25, 0.3) is 0 Å². The quantitative estimate of drug-likeness (QED) is 0.812. The van der Waals surface area contributed by atoms with Crippen molar-refractivity contribution >= 4 is 39.1 Å². The van der Waals surface area contributed by atoms with Crippen LogP contribution < -0.4 is 10.6 Å². The molecule has 2 amide bonds. The van der Waals surface area contributed by atoms with E-state index >= 15 is 0 Å². The van der Waals surface area contributed by atoms with E-state index in [1.807, 2.05) is 18.0 Å². The van der Waals surface area contributed by atoms with E-state index < -0.39 is 6.04 Å². The maximum atomic E-state index is 12.5. The van der Waals surface area contributed by atoms with Gasteiger partial charge < -0.3 is 15.5 Å². The van der Waals surface area contributed by atoms with Crippen LogP contribution >= 0.6 is 27.3 Å². The molecule has 0 saturated carbocycles. The maximum Gasteiger partial charge on any atom is 0.262 e. The topological polar surface area (TPSA) is 61.4 Å². The lowest BCUT2D eigenvalue weighted by Crippen LogP contribution is -2.50. The lowest BCUT2D eigenvalue weighted by molar-refractivity contribution is -0.134. The summed E-state index contributed by atoms with van der Waals surface area (Å²) in [6.07, 6.45) is 2.17. The Bertz CT molecular complexity index is 533. The molecule has 2 atom stereocenters. The van der Waals surface area contributed by atoms with Crippen LogP contribution in [0.5, 0.6) is 0 Å². The van der Waals surface area contributed by atoms with Crippen molar-refractivity contribution in [2.75, 3.05) is 26.7 Å². The molecule has 7 heteroatoms. The zero-order valence-corrected chi connectivity index (χ0v) is 15.3. The number of nitrogens with zero attached hydrogens (tertiary/aromatic N) is 1. The van der Waals surface area contributed by atoms with E-state index in [0.717, 1.165) is 36.3 Å². The van der Waals surface area contributed by atoms with Crippen molar-refractivity contribution in [3.05, 3.63) is 20.8 Å². The Morgan fingerprint density at radius 2 is 2.27 bits per heavy atom. The van der Waals surface area contributed by atoms with Crippen molar-refractivity contribution in [3.8, 4) is 0 Å². The van der Waals surface area contributed by atoms with Gasteiger partial charge in [0.15, 0.2) is 0 Å². The highest BCUT2D eigenvalue weighted by molar-refractivity contribution is 9.11. The molecule has 2 heterocycles. The Labute approximate surface area is 143 Å². The van der Waals surface area contributed by atoms with Gasteiger partial charge in [0.25, 0.3) is 5.91 Å². The van der Waals surface area contributed by atoms with Crippen LogP contribution in [0.4, 0.5) is 0 Å². The second-order valence-electron chi connectivity index (χ2n) is 5.65. The summed E-state index contributed by atoms with van der Waals surface area (Å²) in [5, 5.41) is 5.97. The Hall–Kier alpha value is -0.920. The van der Waals surface area contributed by atoms with Crippen LogP contribution in [-0.2, 0) is 4.79 Å². The fraction of sp³-hybridized carbons (Fsp3) is 0.600. The minimum atomic E-state index is -0.498. The van der Waals surface area contributed by atoms with E-state index in [1.165, 1.54) is 11.3 Å². The first-order valence-electron chi connectivity index (χ1n) is 7.51. The standard InChI is InChI=1S/C15H22BrN3O2S/c1-10(18-14(20)12-5-6-13(16)22-12)15(21)19-7-3-4-11(9-19)8-17-2/h5-6,10-11,17H,3-4,7-9H2,1-2H3,(H,18,20). The number of amides is 2. The summed E-state index contributed by atoms with van der Waals surface area (Å²) < 4.78 is 0.905. The average molecular weight is 388 g/mol. The molecule has 1 aliphatic heterocycles. The first kappa shape index (κ1) is 17.4. The van der Waals surface area contributed by atoms with E-state index in [0.29, 0.717) is 10.8 Å². The minimum absolute atomic E-state index is 0.00442. The zero-order valence-electron chi connectivity index (χ0n) is 12.9. The number of carbonyl (C=O) groups excluding carboxylic acids is 2. The summed E-state index contributed by atoms with van der Waals surface area (Å²) in [7, 11) is 1.93. The number of hydrogen-bond donors (Lipinski definition) is 2. The maximum absolute atomic E-state index is 12.5. The first-order valence-corrected chi connectivity index (χ1v) is 9.11. The largest absolute Gasteiger partial charge is 0.341 e. The predicted molar refractivity (Wildman–Crippen MR) is 92.2 cm³/mol. The van der Waals surface area contributed by atoms with E-state index in [-0.39, 0.29) is 11.8 Å². The molecule has 0 spiro atoms. The molecule has 122 valence electrons. The lowest BCUT2D eigenvalue weighted by atomic mass is 9.97. The van der Waals surface area contributed by atoms with Gasteiger partial charge in [0.1, 0.15) is 6.04 Å². The van der Waals surface area contributed by atoms with Crippen molar-refractivity contribution in [2.45, 2.75) is 25.8 Å². The van der Waals surface area contributed by atoms with Gasteiger partial charge in [-0.05, 0) is 67.3 Å². The number of likely N-dealkylation sites (tertiary alicyclic amines) is 1. The van der Waals surface area contributed by atoms with Gasteiger partial charge in [-0.3, -0.25) is 9.59 Å². The summed E-state index contributed by atoms with van der Waals surface area (Å²) in [4.78, 5) is 27.1. The second kappa shape index (κ2) is 8.08. The van der Waals surface area contributed by atoms with Crippen molar-refractivity contribution in [1.82, 2.24) is 15.5 Å². The Morgan fingerprint density at radius 3 is 2.91 bits per heavy atom. The molecule has 0 aliphatic carbocycles. The van der Waals surface area contributed by atoms with Gasteiger partial charge in [-0.25, -0.2) is 0 Å². The molecule has 1 aliphatic rings. The van der Waals surface area contributed by atoms with Crippen molar-refractivity contribution in [3.63, 3.8) is 0 Å². The van der Waals surface area contributed by atoms with Gasteiger partial charge >= 0.3 is 0 Å². The molecule has 1 aromatic heterocycles. The fourth-order valence-corrected chi connectivity index (χ4v) is 4.05. The molecule has 1 fully saturated rings. The number of nitrogens with one attached hydrogen (secondary N) is 2. The highest BCUT2D eigenvalue weighted by Gasteiger charge is 2.27. The van der Waals surface area contributed by atoms with Crippen molar-refractivity contribution in [2.24, 2.45) is 5.92 Å². The van der Waals surface area contributed by atoms with Crippen LogP contribution in [0, 0.1) is 5.92 Å². The summed E-state index contributed by atoms with van der Waals surface area (Å²) in [5.41, 5.74) is 0. The summed E-state index contributed by atoms with van der Waals surface area (Å²) in [6, 6.07) is 3.09. The van der Waals surface area contributed by atoms with E-state index in [2.05, 4.69) is 26.6 Å². The number of carbonyl (C=O) groups is 2. The van der Waals surface area contributed by atoms with Gasteiger partial charge in [0.2, 0.25) is 5.91 Å². The normalized spacial score (nSPS) is 19.8. The van der Waals surface area contributed by atoms with Crippen molar-refractivity contribution in [1.29, 1.82) is 0 Å². The van der Waals surface area contributed by atoms with Gasteiger partial charge in [-0.2, -0.15) is 0 Å². The van der Waals surface area contributed by atoms with Gasteiger partial charge in [-0.1, -0.05) is 0 Å². The molecule has 2 unspecified atom stereocenters. The Kier molecular flexibility index (Phi) is 6.40. The molecular weight excluding hydrogens is 366 g/mol. The number of piperidine rings is 1. The van der Waals surface area contributed by atoms with Crippen LogP contribution in [0.15, 0.2) is 15.9 Å². The molecule has 1 saturated heterocycles. The molecule has 2 rings (SSSR count). The van der Waals surface area contributed by atoms with Crippen LogP contribution in [0.3, 0.4) is 0 Å².